The Kier molecular flexibility index (Phi) is 4.22. The van der Waals surface area contributed by atoms with Gasteiger partial charge in [-0.15, -0.1) is 10.2 Å². The summed E-state index contributed by atoms with van der Waals surface area (Å²) in [5, 5.41) is 30.3. The van der Waals surface area contributed by atoms with E-state index in [9.17, 15) is 14.7 Å². The number of azo groups is 1. The Bertz CT molecular complexity index is 902. The van der Waals surface area contributed by atoms with E-state index in [-0.39, 0.29) is 28.2 Å². The van der Waals surface area contributed by atoms with Crippen molar-refractivity contribution in [1.29, 1.82) is 5.26 Å². The van der Waals surface area contributed by atoms with Crippen LogP contribution >= 0.6 is 0 Å². The van der Waals surface area contributed by atoms with E-state index in [2.05, 4.69) is 25.0 Å². The van der Waals surface area contributed by atoms with Gasteiger partial charge in [0.15, 0.2) is 11.5 Å². The number of aromatic hydroxyl groups is 1. The van der Waals surface area contributed by atoms with Gasteiger partial charge in [-0.05, 0) is 6.92 Å². The van der Waals surface area contributed by atoms with Gasteiger partial charge >= 0.3 is 5.97 Å². The minimum absolute atomic E-state index is 0.0841. The van der Waals surface area contributed by atoms with Gasteiger partial charge in [0.25, 0.3) is 5.56 Å². The number of nitrogens with zero attached hydrogens (tertiary/aromatic N) is 5. The number of carbonyl (C=O) groups is 1. The highest BCUT2D eigenvalue weighted by molar-refractivity contribution is 5.93. The molecule has 23 heavy (non-hydrogen) atoms. The van der Waals surface area contributed by atoms with Gasteiger partial charge in [0.2, 0.25) is 5.88 Å². The van der Waals surface area contributed by atoms with Crippen molar-refractivity contribution in [2.24, 2.45) is 17.3 Å². The zero-order valence-electron chi connectivity index (χ0n) is 12.5. The third kappa shape index (κ3) is 2.80. The zero-order chi connectivity index (χ0) is 17.1. The van der Waals surface area contributed by atoms with Crippen LogP contribution in [0.1, 0.15) is 21.5 Å². The fourth-order valence-electron chi connectivity index (χ4n) is 1.85. The molecule has 0 unspecified atom stereocenters. The van der Waals surface area contributed by atoms with E-state index in [1.165, 1.54) is 24.9 Å². The summed E-state index contributed by atoms with van der Waals surface area (Å²) in [6, 6.07) is 1.73. The maximum Gasteiger partial charge on any atom is 0.343 e. The molecule has 0 saturated heterocycles. The molecule has 0 aromatic carbocycles. The lowest BCUT2D eigenvalue weighted by atomic mass is 10.1. The number of carbonyl (C=O) groups excluding carboxylic acids is 1. The quantitative estimate of drug-likeness (QED) is 0.642. The molecule has 0 bridgehead atoms. The molecular weight excluding hydrogens is 304 g/mol. The summed E-state index contributed by atoms with van der Waals surface area (Å²) in [4.78, 5) is 25.3. The van der Waals surface area contributed by atoms with E-state index in [1.807, 2.05) is 0 Å². The maximum absolute atomic E-state index is 11.6. The zero-order valence-corrected chi connectivity index (χ0v) is 12.5. The summed E-state index contributed by atoms with van der Waals surface area (Å²) in [6.07, 6.45) is 1.26. The average Bonchev–Trinajstić information content (AvgIpc) is 2.87. The molecule has 10 nitrogen and oxygen atoms in total. The Labute approximate surface area is 129 Å². The van der Waals surface area contributed by atoms with Crippen LogP contribution in [0.5, 0.6) is 5.88 Å². The molecule has 0 atom stereocenters. The van der Waals surface area contributed by atoms with Gasteiger partial charge in [0.1, 0.15) is 17.2 Å². The fraction of sp³-hybridized carbons (Fsp3) is 0.231. The van der Waals surface area contributed by atoms with Crippen molar-refractivity contribution in [3.8, 4) is 11.9 Å². The van der Waals surface area contributed by atoms with Crippen molar-refractivity contribution in [3.63, 3.8) is 0 Å². The molecule has 118 valence electrons. The lowest BCUT2D eigenvalue weighted by Gasteiger charge is -2.03. The third-order valence-electron chi connectivity index (χ3n) is 3.08. The number of hydrogen-bond acceptors (Lipinski definition) is 8. The fourth-order valence-corrected chi connectivity index (χ4v) is 1.85. The molecule has 0 amide bonds. The Morgan fingerprint density at radius 1 is 1.52 bits per heavy atom. The first kappa shape index (κ1) is 15.9. The van der Waals surface area contributed by atoms with Crippen molar-refractivity contribution >= 4 is 17.5 Å². The Hall–Kier alpha value is -3.48. The summed E-state index contributed by atoms with van der Waals surface area (Å²) < 4.78 is 5.90. The Morgan fingerprint density at radius 3 is 2.83 bits per heavy atom. The number of esters is 1. The number of aromatic nitrogens is 3. The van der Waals surface area contributed by atoms with Gasteiger partial charge in [-0.2, -0.15) is 10.4 Å². The number of pyridine rings is 1. The van der Waals surface area contributed by atoms with E-state index in [1.54, 1.807) is 13.1 Å². The summed E-state index contributed by atoms with van der Waals surface area (Å²) in [6.45, 7) is 1.45. The molecule has 2 aromatic heterocycles. The van der Waals surface area contributed by atoms with Crippen molar-refractivity contribution in [2.45, 2.75) is 6.92 Å². The van der Waals surface area contributed by atoms with Crippen molar-refractivity contribution in [2.75, 3.05) is 7.11 Å². The number of H-pyrrole nitrogens is 1. The van der Waals surface area contributed by atoms with Crippen LogP contribution in [0.15, 0.2) is 21.2 Å². The predicted octanol–water partition coefficient (Wildman–Crippen LogP) is 1.20. The number of aromatic amines is 1. The smallest absolute Gasteiger partial charge is 0.343 e. The Morgan fingerprint density at radius 2 is 2.22 bits per heavy atom. The number of rotatable bonds is 3. The molecule has 2 rings (SSSR count). The van der Waals surface area contributed by atoms with Crippen molar-refractivity contribution in [3.05, 3.63) is 33.2 Å². The summed E-state index contributed by atoms with van der Waals surface area (Å²) in [5.74, 6) is -1.08. The van der Waals surface area contributed by atoms with E-state index in [0.29, 0.717) is 0 Å². The van der Waals surface area contributed by atoms with Gasteiger partial charge in [0, 0.05) is 12.6 Å². The largest absolute Gasteiger partial charge is 0.493 e. The van der Waals surface area contributed by atoms with E-state index < -0.39 is 17.4 Å². The van der Waals surface area contributed by atoms with E-state index in [4.69, 9.17) is 5.26 Å². The molecule has 0 aliphatic rings. The normalized spacial score (nSPS) is 10.7. The van der Waals surface area contributed by atoms with Crippen LogP contribution in [-0.4, -0.2) is 33.0 Å². The van der Waals surface area contributed by atoms with Gasteiger partial charge in [0.05, 0.1) is 13.3 Å². The highest BCUT2D eigenvalue weighted by atomic mass is 16.5. The number of aryl methyl sites for hydroxylation is 1. The number of hydrogen-bond donors (Lipinski definition) is 2. The number of nitriles is 1. The minimum atomic E-state index is -0.725. The molecular formula is C13H12N6O4. The SMILES string of the molecule is COC(=O)c1cnn(C)c1/N=N/c1c(O)[nH]c(=O)c(C#N)c1C. The lowest BCUT2D eigenvalue weighted by molar-refractivity contribution is 0.0601. The molecule has 2 aromatic rings. The molecule has 2 N–H and O–H groups in total. The van der Waals surface area contributed by atoms with Crippen LogP contribution in [0.25, 0.3) is 0 Å². The first-order valence-corrected chi connectivity index (χ1v) is 6.28. The van der Waals surface area contributed by atoms with Crippen LogP contribution < -0.4 is 5.56 Å². The van der Waals surface area contributed by atoms with E-state index >= 15 is 0 Å². The summed E-state index contributed by atoms with van der Waals surface area (Å²) in [7, 11) is 2.76. The second-order valence-corrected chi connectivity index (χ2v) is 4.46. The van der Waals surface area contributed by atoms with Gasteiger partial charge in [-0.1, -0.05) is 0 Å². The molecule has 2 heterocycles. The first-order chi connectivity index (χ1) is 10.9. The predicted molar refractivity (Wildman–Crippen MR) is 76.9 cm³/mol. The number of methoxy groups -OCH3 is 1. The highest BCUT2D eigenvalue weighted by Crippen LogP contribution is 2.30. The van der Waals surface area contributed by atoms with Crippen LogP contribution in [0.2, 0.25) is 0 Å². The van der Waals surface area contributed by atoms with Gasteiger partial charge in [-0.3, -0.25) is 9.78 Å². The molecule has 0 aliphatic carbocycles. The first-order valence-electron chi connectivity index (χ1n) is 6.28. The van der Waals surface area contributed by atoms with E-state index in [0.717, 1.165) is 0 Å². The molecule has 0 spiro atoms. The van der Waals surface area contributed by atoms with Crippen molar-refractivity contribution < 1.29 is 14.6 Å². The molecule has 0 aliphatic heterocycles. The third-order valence-corrected chi connectivity index (χ3v) is 3.08. The van der Waals surface area contributed by atoms with Gasteiger partial charge in [-0.25, -0.2) is 9.48 Å². The number of ether oxygens (including phenoxy) is 1. The molecule has 0 radical (unpaired) electrons. The second kappa shape index (κ2) is 6.10. The van der Waals surface area contributed by atoms with Crippen LogP contribution in [0.3, 0.4) is 0 Å². The topological polar surface area (TPSA) is 146 Å². The lowest BCUT2D eigenvalue weighted by Crippen LogP contribution is -2.11. The van der Waals surface area contributed by atoms with Gasteiger partial charge < -0.3 is 9.84 Å². The van der Waals surface area contributed by atoms with Crippen LogP contribution in [0.4, 0.5) is 11.5 Å². The summed E-state index contributed by atoms with van der Waals surface area (Å²) in [5.41, 5.74) is -0.745. The van der Waals surface area contributed by atoms with Crippen LogP contribution in [-0.2, 0) is 11.8 Å². The average molecular weight is 316 g/mol. The van der Waals surface area contributed by atoms with Crippen LogP contribution in [0, 0.1) is 18.3 Å². The summed E-state index contributed by atoms with van der Waals surface area (Å²) >= 11 is 0. The van der Waals surface area contributed by atoms with Crippen molar-refractivity contribution in [1.82, 2.24) is 14.8 Å². The highest BCUT2D eigenvalue weighted by Gasteiger charge is 2.18. The Balaban J connectivity index is 2.55. The maximum atomic E-state index is 11.6. The monoisotopic (exact) mass is 316 g/mol. The molecule has 0 saturated carbocycles. The standard InChI is InChI=1S/C13H12N6O4/c1-6-7(4-14)11(20)16-12(21)9(6)17-18-10-8(13(22)23-3)5-15-19(10)2/h5H,1-3H3,(H2,16,20,21)/b18-17+. The molecule has 10 heteroatoms. The number of nitrogens with one attached hydrogen (secondary N) is 1. The molecule has 0 fully saturated rings. The second-order valence-electron chi connectivity index (χ2n) is 4.46. The minimum Gasteiger partial charge on any atom is -0.493 e.